The number of hydrogen-bond acceptors (Lipinski definition) is 5. The van der Waals surface area contributed by atoms with E-state index in [1.807, 2.05) is 0 Å². The van der Waals surface area contributed by atoms with Gasteiger partial charge < -0.3 is 9.84 Å². The molecule has 0 aromatic carbocycles. The molecule has 0 spiro atoms. The molecule has 0 bridgehead atoms. The van der Waals surface area contributed by atoms with Crippen molar-refractivity contribution in [3.8, 4) is 0 Å². The van der Waals surface area contributed by atoms with Crippen molar-refractivity contribution < 1.29 is 29.0 Å². The van der Waals surface area contributed by atoms with Crippen LogP contribution in [0.15, 0.2) is 12.2 Å². The minimum atomic E-state index is -1.33. The Morgan fingerprint density at radius 2 is 1.79 bits per heavy atom. The highest BCUT2D eigenvalue weighted by atomic mass is 16.6. The quantitative estimate of drug-likeness (QED) is 0.379. The molecule has 6 nitrogen and oxygen atoms in total. The van der Waals surface area contributed by atoms with Crippen LogP contribution in [0.25, 0.3) is 0 Å². The van der Waals surface area contributed by atoms with Gasteiger partial charge in [-0.25, -0.2) is 9.59 Å². The summed E-state index contributed by atoms with van der Waals surface area (Å²) in [7, 11) is 0. The second kappa shape index (κ2) is 5.63. The second-order valence-corrected chi connectivity index (χ2v) is 2.34. The zero-order valence-corrected chi connectivity index (χ0v) is 7.35. The third-order valence-electron chi connectivity index (χ3n) is 0.970. The smallest absolute Gasteiger partial charge is 0.338 e. The molecule has 6 heteroatoms. The molecule has 0 aliphatic heterocycles. The van der Waals surface area contributed by atoms with E-state index in [4.69, 9.17) is 5.11 Å². The first-order valence-electron chi connectivity index (χ1n) is 3.57. The highest BCUT2D eigenvalue weighted by molar-refractivity contribution is 6.01. The maximum absolute atomic E-state index is 10.7. The van der Waals surface area contributed by atoms with Gasteiger partial charge in [0.05, 0.1) is 0 Å². The summed E-state index contributed by atoms with van der Waals surface area (Å²) in [5.41, 5.74) is 0. The van der Waals surface area contributed by atoms with Crippen molar-refractivity contribution in [1.29, 1.82) is 0 Å². The van der Waals surface area contributed by atoms with Gasteiger partial charge in [-0.05, 0) is 6.92 Å². The molecule has 0 atom stereocenters. The van der Waals surface area contributed by atoms with Gasteiger partial charge in [-0.1, -0.05) is 0 Å². The Morgan fingerprint density at radius 3 is 2.21 bits per heavy atom. The van der Waals surface area contributed by atoms with Crippen LogP contribution >= 0.6 is 0 Å². The lowest BCUT2D eigenvalue weighted by atomic mass is 10.3. The van der Waals surface area contributed by atoms with Gasteiger partial charge in [-0.3, -0.25) is 9.59 Å². The number of rotatable bonds is 4. The van der Waals surface area contributed by atoms with Gasteiger partial charge in [0.25, 0.3) is 0 Å². The number of Topliss-reactive ketones (excluding diaryl/α,β-unsaturated/α-hetero) is 1. The van der Waals surface area contributed by atoms with E-state index in [-0.39, 0.29) is 0 Å². The topological polar surface area (TPSA) is 97.7 Å². The van der Waals surface area contributed by atoms with Crippen LogP contribution in [0, 0.1) is 0 Å². The molecule has 14 heavy (non-hydrogen) atoms. The fraction of sp³-hybridized carbons (Fsp3) is 0.250. The molecule has 0 heterocycles. The van der Waals surface area contributed by atoms with Crippen LogP contribution in [0.3, 0.4) is 0 Å². The number of esters is 2. The van der Waals surface area contributed by atoms with E-state index in [1.54, 1.807) is 0 Å². The molecule has 76 valence electrons. The highest BCUT2D eigenvalue weighted by Gasteiger charge is 2.10. The van der Waals surface area contributed by atoms with E-state index in [0.717, 1.165) is 0 Å². The summed E-state index contributed by atoms with van der Waals surface area (Å²) in [4.78, 5) is 41.6. The van der Waals surface area contributed by atoms with Crippen LogP contribution < -0.4 is 0 Å². The van der Waals surface area contributed by atoms with Crippen LogP contribution in [0.5, 0.6) is 0 Å². The summed E-state index contributed by atoms with van der Waals surface area (Å²) in [5.74, 6) is -3.89. The average Bonchev–Trinajstić information content (AvgIpc) is 1.98. The number of aliphatic carboxylic acids is 1. The lowest BCUT2D eigenvalue weighted by Gasteiger charge is -1.95. The van der Waals surface area contributed by atoms with Crippen molar-refractivity contribution in [2.24, 2.45) is 0 Å². The maximum atomic E-state index is 10.7. The standard InChI is InChI=1S/C8H8O6/c1-5(9)4-8(13)14-7(12)3-2-6(10)11/h2-3H,4H2,1H3,(H,10,11)/b3-2+. The Labute approximate surface area is 79.2 Å². The number of ether oxygens (including phenoxy) is 1. The van der Waals surface area contributed by atoms with Crippen LogP contribution in [-0.2, 0) is 23.9 Å². The molecule has 0 aromatic rings. The molecule has 0 unspecified atom stereocenters. The molecule has 0 rings (SSSR count). The van der Waals surface area contributed by atoms with Gasteiger partial charge in [0, 0.05) is 12.2 Å². The number of carbonyl (C=O) groups is 4. The van der Waals surface area contributed by atoms with E-state index < -0.39 is 30.1 Å². The summed E-state index contributed by atoms with van der Waals surface area (Å²) < 4.78 is 4.06. The second-order valence-electron chi connectivity index (χ2n) is 2.34. The predicted molar refractivity (Wildman–Crippen MR) is 43.2 cm³/mol. The number of hydrogen-bond donors (Lipinski definition) is 1. The molecular weight excluding hydrogens is 192 g/mol. The van der Waals surface area contributed by atoms with E-state index in [9.17, 15) is 19.2 Å². The lowest BCUT2D eigenvalue weighted by Crippen LogP contribution is -2.13. The Bertz CT molecular complexity index is 301. The molecule has 0 radical (unpaired) electrons. The molecule has 0 saturated heterocycles. The summed E-state index contributed by atoms with van der Waals surface area (Å²) in [6.45, 7) is 1.17. The Kier molecular flexibility index (Phi) is 4.83. The van der Waals surface area contributed by atoms with Gasteiger partial charge in [0.1, 0.15) is 12.2 Å². The van der Waals surface area contributed by atoms with Crippen molar-refractivity contribution in [3.63, 3.8) is 0 Å². The first-order chi connectivity index (χ1) is 6.41. The summed E-state index contributed by atoms with van der Waals surface area (Å²) in [5, 5.41) is 8.11. The average molecular weight is 200 g/mol. The summed E-state index contributed by atoms with van der Waals surface area (Å²) in [6.07, 6.45) is 0.608. The van der Waals surface area contributed by atoms with Crippen LogP contribution in [0.4, 0.5) is 0 Å². The molecular formula is C8H8O6. The minimum absolute atomic E-state index is 0.440. The van der Waals surface area contributed by atoms with Crippen LogP contribution in [0.1, 0.15) is 13.3 Å². The first-order valence-corrected chi connectivity index (χ1v) is 3.57. The molecule has 0 amide bonds. The third kappa shape index (κ3) is 6.71. The van der Waals surface area contributed by atoms with E-state index in [0.29, 0.717) is 12.2 Å². The largest absolute Gasteiger partial charge is 0.478 e. The number of carboxylic acids is 1. The molecule has 0 aromatic heterocycles. The van der Waals surface area contributed by atoms with Crippen LogP contribution in [0.2, 0.25) is 0 Å². The lowest BCUT2D eigenvalue weighted by molar-refractivity contribution is -0.156. The Morgan fingerprint density at radius 1 is 1.21 bits per heavy atom. The maximum Gasteiger partial charge on any atom is 0.338 e. The zero-order chi connectivity index (χ0) is 11.1. The number of ketones is 1. The monoisotopic (exact) mass is 200 g/mol. The first kappa shape index (κ1) is 12.0. The molecule has 0 aliphatic rings. The molecule has 1 N–H and O–H groups in total. The number of carbonyl (C=O) groups excluding carboxylic acids is 3. The van der Waals surface area contributed by atoms with E-state index >= 15 is 0 Å². The fourth-order valence-electron chi connectivity index (χ4n) is 0.525. The SMILES string of the molecule is CC(=O)CC(=O)OC(=O)/C=C/C(=O)O. The van der Waals surface area contributed by atoms with Crippen molar-refractivity contribution in [3.05, 3.63) is 12.2 Å². The van der Waals surface area contributed by atoms with Crippen molar-refractivity contribution in [2.45, 2.75) is 13.3 Å². The molecule has 0 fully saturated rings. The third-order valence-corrected chi connectivity index (χ3v) is 0.970. The van der Waals surface area contributed by atoms with Crippen molar-refractivity contribution in [1.82, 2.24) is 0 Å². The predicted octanol–water partition coefficient (Wildman–Crippen LogP) is -0.324. The minimum Gasteiger partial charge on any atom is -0.478 e. The Hall–Kier alpha value is -1.98. The summed E-state index contributed by atoms with van der Waals surface area (Å²) >= 11 is 0. The van der Waals surface area contributed by atoms with Crippen molar-refractivity contribution >= 4 is 23.7 Å². The molecule has 0 aliphatic carbocycles. The highest BCUT2D eigenvalue weighted by Crippen LogP contribution is 1.90. The van der Waals surface area contributed by atoms with E-state index in [2.05, 4.69) is 4.74 Å². The van der Waals surface area contributed by atoms with Gasteiger partial charge in [0.2, 0.25) is 0 Å². The Balaban J connectivity index is 4.01. The normalized spacial score (nSPS) is 9.79. The fourth-order valence-corrected chi connectivity index (χ4v) is 0.525. The van der Waals surface area contributed by atoms with Crippen LogP contribution in [-0.4, -0.2) is 28.8 Å². The van der Waals surface area contributed by atoms with Gasteiger partial charge in [-0.15, -0.1) is 0 Å². The van der Waals surface area contributed by atoms with Crippen molar-refractivity contribution in [2.75, 3.05) is 0 Å². The van der Waals surface area contributed by atoms with E-state index in [1.165, 1.54) is 6.92 Å². The van der Waals surface area contributed by atoms with Gasteiger partial charge >= 0.3 is 17.9 Å². The zero-order valence-electron chi connectivity index (χ0n) is 7.35. The number of carboxylic acid groups (broad SMARTS) is 1. The summed E-state index contributed by atoms with van der Waals surface area (Å²) in [6, 6.07) is 0. The van der Waals surface area contributed by atoms with Gasteiger partial charge in [-0.2, -0.15) is 0 Å². The molecule has 0 saturated carbocycles. The van der Waals surface area contributed by atoms with Gasteiger partial charge in [0.15, 0.2) is 0 Å².